The van der Waals surface area contributed by atoms with Gasteiger partial charge in [-0.25, -0.2) is 5.43 Å². The lowest BCUT2D eigenvalue weighted by molar-refractivity contribution is 0.0955. The van der Waals surface area contributed by atoms with Gasteiger partial charge in [-0.2, -0.15) is 5.10 Å². The molecule has 0 fully saturated rings. The molecule has 0 aliphatic carbocycles. The monoisotopic (exact) mass is 447 g/mol. The lowest BCUT2D eigenvalue weighted by Crippen LogP contribution is -2.17. The lowest BCUT2D eigenvalue weighted by atomic mass is 10.1. The molecule has 144 valence electrons. The highest BCUT2D eigenvalue weighted by Gasteiger charge is 2.10. The zero-order valence-corrected chi connectivity index (χ0v) is 17.3. The Labute approximate surface area is 176 Å². The van der Waals surface area contributed by atoms with Gasteiger partial charge in [-0.15, -0.1) is 0 Å². The van der Waals surface area contributed by atoms with Crippen molar-refractivity contribution >= 4 is 28.1 Å². The standard InChI is InChI=1S/C23H18BrN3O2/c1-16-7-13-21(17-5-3-2-4-6-17)27(16)19-10-8-18(9-11-19)23(28)26-25-15-20-12-14-22(24)29-20/h2-15H,1H3,(H,26,28)/b25-15+. The van der Waals surface area contributed by atoms with Crippen molar-refractivity contribution < 1.29 is 9.21 Å². The first-order valence-electron chi connectivity index (χ1n) is 9.05. The maximum Gasteiger partial charge on any atom is 0.271 e. The van der Waals surface area contributed by atoms with E-state index in [1.54, 1.807) is 24.3 Å². The van der Waals surface area contributed by atoms with E-state index in [0.29, 0.717) is 16.0 Å². The minimum absolute atomic E-state index is 0.286. The van der Waals surface area contributed by atoms with Crippen molar-refractivity contribution in [3.05, 3.63) is 101 Å². The molecule has 2 heterocycles. The van der Waals surface area contributed by atoms with E-state index in [2.05, 4.69) is 62.2 Å². The van der Waals surface area contributed by atoms with E-state index < -0.39 is 0 Å². The van der Waals surface area contributed by atoms with Crippen LogP contribution in [-0.4, -0.2) is 16.7 Å². The van der Waals surface area contributed by atoms with Gasteiger partial charge in [-0.05, 0) is 76.9 Å². The first-order valence-corrected chi connectivity index (χ1v) is 9.84. The SMILES string of the molecule is Cc1ccc(-c2ccccc2)n1-c1ccc(C(=O)N/N=C/c2ccc(Br)o2)cc1. The maximum absolute atomic E-state index is 12.3. The van der Waals surface area contributed by atoms with Crippen molar-refractivity contribution in [3.8, 4) is 16.9 Å². The summed E-state index contributed by atoms with van der Waals surface area (Å²) in [5.41, 5.74) is 7.39. The third-order valence-corrected chi connectivity index (χ3v) is 4.91. The molecule has 2 aromatic carbocycles. The molecular weight excluding hydrogens is 430 g/mol. The molecule has 0 saturated carbocycles. The molecule has 0 radical (unpaired) electrons. The number of aryl methyl sites for hydroxylation is 1. The molecule has 0 spiro atoms. The number of hydrazone groups is 1. The number of halogens is 1. The van der Waals surface area contributed by atoms with Gasteiger partial charge < -0.3 is 8.98 Å². The Morgan fingerprint density at radius 3 is 2.45 bits per heavy atom. The molecule has 0 unspecified atom stereocenters. The van der Waals surface area contributed by atoms with E-state index in [-0.39, 0.29) is 5.91 Å². The number of rotatable bonds is 5. The summed E-state index contributed by atoms with van der Waals surface area (Å²) in [7, 11) is 0. The van der Waals surface area contributed by atoms with Crippen molar-refractivity contribution in [2.24, 2.45) is 5.10 Å². The normalized spacial score (nSPS) is 11.1. The Bertz CT molecular complexity index is 1160. The molecule has 2 aromatic heterocycles. The predicted octanol–water partition coefficient (Wildman–Crippen LogP) is 5.57. The summed E-state index contributed by atoms with van der Waals surface area (Å²) in [5.74, 6) is 0.259. The van der Waals surface area contributed by atoms with Crippen LogP contribution in [-0.2, 0) is 0 Å². The molecule has 1 N–H and O–H groups in total. The molecule has 0 saturated heterocycles. The zero-order valence-electron chi connectivity index (χ0n) is 15.7. The van der Waals surface area contributed by atoms with E-state index >= 15 is 0 Å². The third-order valence-electron chi connectivity index (χ3n) is 4.49. The number of carbonyl (C=O) groups excluding carboxylic acids is 1. The number of aromatic nitrogens is 1. The highest BCUT2D eigenvalue weighted by Crippen LogP contribution is 2.26. The molecule has 4 rings (SSSR count). The summed E-state index contributed by atoms with van der Waals surface area (Å²) in [6.07, 6.45) is 1.45. The number of nitrogens with zero attached hydrogens (tertiary/aromatic N) is 2. The summed E-state index contributed by atoms with van der Waals surface area (Å²) in [5, 5.41) is 3.93. The van der Waals surface area contributed by atoms with Crippen molar-refractivity contribution in [1.29, 1.82) is 0 Å². The van der Waals surface area contributed by atoms with Crippen molar-refractivity contribution in [3.63, 3.8) is 0 Å². The number of hydrogen-bond donors (Lipinski definition) is 1. The predicted molar refractivity (Wildman–Crippen MR) is 117 cm³/mol. The lowest BCUT2D eigenvalue weighted by Gasteiger charge is -2.12. The molecule has 5 nitrogen and oxygen atoms in total. The van der Waals surface area contributed by atoms with Gasteiger partial charge in [0.2, 0.25) is 0 Å². The van der Waals surface area contributed by atoms with Crippen LogP contribution in [0.25, 0.3) is 16.9 Å². The molecule has 1 amide bonds. The Hall–Kier alpha value is -3.38. The van der Waals surface area contributed by atoms with Gasteiger partial charge in [0.25, 0.3) is 5.91 Å². The molecule has 29 heavy (non-hydrogen) atoms. The van der Waals surface area contributed by atoms with Crippen LogP contribution in [0.4, 0.5) is 0 Å². The second kappa shape index (κ2) is 8.32. The first-order chi connectivity index (χ1) is 14.1. The minimum Gasteiger partial charge on any atom is -0.448 e. The largest absolute Gasteiger partial charge is 0.448 e. The van der Waals surface area contributed by atoms with Crippen LogP contribution in [0, 0.1) is 6.92 Å². The molecule has 0 aliphatic heterocycles. The van der Waals surface area contributed by atoms with Gasteiger partial charge >= 0.3 is 0 Å². The van der Waals surface area contributed by atoms with Crippen LogP contribution in [0.15, 0.2) is 93.1 Å². The van der Waals surface area contributed by atoms with Crippen LogP contribution in [0.1, 0.15) is 21.8 Å². The third kappa shape index (κ3) is 4.22. The van der Waals surface area contributed by atoms with Gasteiger partial charge in [0, 0.05) is 16.9 Å². The summed E-state index contributed by atoms with van der Waals surface area (Å²) in [6, 6.07) is 25.4. The number of furan rings is 1. The average molecular weight is 448 g/mol. The van der Waals surface area contributed by atoms with Crippen LogP contribution in [0.5, 0.6) is 0 Å². The van der Waals surface area contributed by atoms with E-state index in [0.717, 1.165) is 22.6 Å². The summed E-state index contributed by atoms with van der Waals surface area (Å²) in [6.45, 7) is 2.06. The minimum atomic E-state index is -0.286. The number of nitrogens with one attached hydrogen (secondary N) is 1. The van der Waals surface area contributed by atoms with Gasteiger partial charge in [0.1, 0.15) is 5.76 Å². The summed E-state index contributed by atoms with van der Waals surface area (Å²) >= 11 is 3.22. The highest BCUT2D eigenvalue weighted by atomic mass is 79.9. The number of benzene rings is 2. The molecule has 0 atom stereocenters. The van der Waals surface area contributed by atoms with Crippen LogP contribution < -0.4 is 5.43 Å². The average Bonchev–Trinajstić information content (AvgIpc) is 3.34. The summed E-state index contributed by atoms with van der Waals surface area (Å²) < 4.78 is 8.08. The van der Waals surface area contributed by atoms with Gasteiger partial charge in [-0.3, -0.25) is 4.79 Å². The van der Waals surface area contributed by atoms with E-state index in [1.807, 2.05) is 30.3 Å². The quantitative estimate of drug-likeness (QED) is 0.321. The van der Waals surface area contributed by atoms with Gasteiger partial charge in [0.15, 0.2) is 4.67 Å². The van der Waals surface area contributed by atoms with E-state index in [1.165, 1.54) is 6.21 Å². The van der Waals surface area contributed by atoms with Crippen LogP contribution >= 0.6 is 15.9 Å². The number of carbonyl (C=O) groups is 1. The van der Waals surface area contributed by atoms with Crippen molar-refractivity contribution in [2.75, 3.05) is 0 Å². The number of amides is 1. The Balaban J connectivity index is 1.52. The molecule has 6 heteroatoms. The zero-order chi connectivity index (χ0) is 20.2. The van der Waals surface area contributed by atoms with Crippen molar-refractivity contribution in [2.45, 2.75) is 6.92 Å². The molecule has 0 bridgehead atoms. The topological polar surface area (TPSA) is 59.5 Å². The molecular formula is C23H18BrN3O2. The van der Waals surface area contributed by atoms with Crippen LogP contribution in [0.2, 0.25) is 0 Å². The smallest absolute Gasteiger partial charge is 0.271 e. The van der Waals surface area contributed by atoms with Crippen molar-refractivity contribution in [1.82, 2.24) is 9.99 Å². The van der Waals surface area contributed by atoms with Gasteiger partial charge in [0.05, 0.1) is 11.9 Å². The fourth-order valence-electron chi connectivity index (χ4n) is 3.09. The second-order valence-corrected chi connectivity index (χ2v) is 7.23. The Morgan fingerprint density at radius 1 is 1.00 bits per heavy atom. The fraction of sp³-hybridized carbons (Fsp3) is 0.0435. The maximum atomic E-state index is 12.3. The Morgan fingerprint density at radius 2 is 1.76 bits per heavy atom. The fourth-order valence-corrected chi connectivity index (χ4v) is 3.41. The highest BCUT2D eigenvalue weighted by molar-refractivity contribution is 9.10. The Kier molecular flexibility index (Phi) is 5.44. The molecule has 0 aliphatic rings. The van der Waals surface area contributed by atoms with Gasteiger partial charge in [-0.1, -0.05) is 30.3 Å². The second-order valence-electron chi connectivity index (χ2n) is 6.45. The van der Waals surface area contributed by atoms with E-state index in [9.17, 15) is 4.79 Å². The summed E-state index contributed by atoms with van der Waals surface area (Å²) in [4.78, 5) is 12.3. The van der Waals surface area contributed by atoms with E-state index in [4.69, 9.17) is 4.42 Å². The molecule has 4 aromatic rings. The van der Waals surface area contributed by atoms with Crippen LogP contribution in [0.3, 0.4) is 0 Å². The first kappa shape index (κ1) is 19.0. The number of hydrogen-bond acceptors (Lipinski definition) is 3.